The second-order valence-corrected chi connectivity index (χ2v) is 4.90. The van der Waals surface area contributed by atoms with Crippen LogP contribution in [0.3, 0.4) is 0 Å². The van der Waals surface area contributed by atoms with Crippen LogP contribution >= 0.6 is 0 Å². The van der Waals surface area contributed by atoms with Crippen LogP contribution in [0.2, 0.25) is 0 Å². The van der Waals surface area contributed by atoms with Gasteiger partial charge in [-0.3, -0.25) is 0 Å². The van der Waals surface area contributed by atoms with Crippen molar-refractivity contribution in [2.75, 3.05) is 18.0 Å². The van der Waals surface area contributed by atoms with E-state index in [4.69, 9.17) is 0 Å². The summed E-state index contributed by atoms with van der Waals surface area (Å²) in [5.41, 5.74) is 1.73. The molecule has 0 spiro atoms. The molecule has 0 aromatic carbocycles. The first-order valence-electron chi connectivity index (χ1n) is 6.55. The molecule has 0 saturated carbocycles. The maximum atomic E-state index is 13.2. The largest absolute Gasteiger partial charge is 0.356 e. The Morgan fingerprint density at radius 2 is 2.05 bits per heavy atom. The molecule has 0 amide bonds. The molecule has 1 aliphatic rings. The normalized spacial score (nSPS) is 19.0. The van der Waals surface area contributed by atoms with Gasteiger partial charge < -0.3 is 4.90 Å². The molecule has 1 saturated heterocycles. The maximum Gasteiger partial charge on any atom is 0.251 e. The van der Waals surface area contributed by atoms with E-state index in [1.165, 1.54) is 0 Å². The summed E-state index contributed by atoms with van der Waals surface area (Å²) in [6.45, 7) is 2.74. The van der Waals surface area contributed by atoms with Crippen LogP contribution in [0.5, 0.6) is 0 Å². The van der Waals surface area contributed by atoms with Crippen molar-refractivity contribution in [1.29, 1.82) is 0 Å². The molecular formula is C13H16F2N4. The number of hydrogen-bond donors (Lipinski definition) is 0. The number of halogens is 2. The van der Waals surface area contributed by atoms with Crippen LogP contribution in [-0.2, 0) is 6.42 Å². The van der Waals surface area contributed by atoms with E-state index in [0.29, 0.717) is 13.1 Å². The molecule has 19 heavy (non-hydrogen) atoms. The van der Waals surface area contributed by atoms with Crippen LogP contribution < -0.4 is 4.90 Å². The monoisotopic (exact) mass is 266 g/mol. The van der Waals surface area contributed by atoms with Gasteiger partial charge in [-0.2, -0.15) is 9.61 Å². The number of fused-ring (bicyclic) bond motifs is 1. The van der Waals surface area contributed by atoms with Crippen LogP contribution in [0, 0.1) is 0 Å². The molecule has 3 rings (SSSR count). The van der Waals surface area contributed by atoms with Crippen molar-refractivity contribution >= 4 is 11.5 Å². The third-order valence-electron chi connectivity index (χ3n) is 3.57. The van der Waals surface area contributed by atoms with Crippen molar-refractivity contribution < 1.29 is 8.78 Å². The molecule has 0 aliphatic carbocycles. The highest BCUT2D eigenvalue weighted by Gasteiger charge is 2.34. The Balaban J connectivity index is 1.98. The molecule has 6 heteroatoms. The number of rotatable bonds is 2. The average molecular weight is 266 g/mol. The van der Waals surface area contributed by atoms with Crippen LogP contribution in [-0.4, -0.2) is 33.6 Å². The number of alkyl halides is 2. The van der Waals surface area contributed by atoms with E-state index in [1.54, 1.807) is 10.7 Å². The number of anilines is 1. The minimum Gasteiger partial charge on any atom is -0.356 e. The SMILES string of the molecule is CCc1cc(N2CCC(F)(F)CC2)n2nccc2n1. The van der Waals surface area contributed by atoms with E-state index >= 15 is 0 Å². The molecule has 1 fully saturated rings. The second-order valence-electron chi connectivity index (χ2n) is 4.90. The highest BCUT2D eigenvalue weighted by molar-refractivity contribution is 5.51. The van der Waals surface area contributed by atoms with E-state index in [1.807, 2.05) is 24.0 Å². The molecular weight excluding hydrogens is 250 g/mol. The summed E-state index contributed by atoms with van der Waals surface area (Å²) < 4.78 is 28.2. The summed E-state index contributed by atoms with van der Waals surface area (Å²) >= 11 is 0. The maximum absolute atomic E-state index is 13.2. The fraction of sp³-hybridized carbons (Fsp3) is 0.538. The lowest BCUT2D eigenvalue weighted by Gasteiger charge is -2.33. The van der Waals surface area contributed by atoms with Crippen molar-refractivity contribution in [2.24, 2.45) is 0 Å². The van der Waals surface area contributed by atoms with Crippen LogP contribution in [0.15, 0.2) is 18.3 Å². The summed E-state index contributed by atoms with van der Waals surface area (Å²) in [6, 6.07) is 3.78. The van der Waals surface area contributed by atoms with Crippen LogP contribution in [0.1, 0.15) is 25.5 Å². The number of piperidine rings is 1. The van der Waals surface area contributed by atoms with Gasteiger partial charge in [0.05, 0.1) is 6.20 Å². The second kappa shape index (κ2) is 4.43. The van der Waals surface area contributed by atoms with Gasteiger partial charge in [-0.15, -0.1) is 0 Å². The van der Waals surface area contributed by atoms with E-state index in [2.05, 4.69) is 10.1 Å². The van der Waals surface area contributed by atoms with Gasteiger partial charge in [0.25, 0.3) is 5.92 Å². The predicted molar refractivity (Wildman–Crippen MR) is 68.8 cm³/mol. The molecule has 0 unspecified atom stereocenters. The van der Waals surface area contributed by atoms with Crippen LogP contribution in [0.4, 0.5) is 14.6 Å². The van der Waals surface area contributed by atoms with Gasteiger partial charge in [0, 0.05) is 43.8 Å². The van der Waals surface area contributed by atoms with Crippen molar-refractivity contribution in [3.8, 4) is 0 Å². The van der Waals surface area contributed by atoms with Gasteiger partial charge in [-0.1, -0.05) is 6.92 Å². The first kappa shape index (κ1) is 12.3. The Hall–Kier alpha value is -1.72. The van der Waals surface area contributed by atoms with E-state index in [0.717, 1.165) is 23.6 Å². The Morgan fingerprint density at radius 3 is 2.74 bits per heavy atom. The van der Waals surface area contributed by atoms with E-state index in [-0.39, 0.29) is 12.8 Å². The minimum absolute atomic E-state index is 0.0977. The number of aromatic nitrogens is 3. The van der Waals surface area contributed by atoms with Crippen LogP contribution in [0.25, 0.3) is 5.65 Å². The van der Waals surface area contributed by atoms with E-state index in [9.17, 15) is 8.78 Å². The summed E-state index contributed by atoms with van der Waals surface area (Å²) in [5, 5.41) is 4.23. The first-order valence-corrected chi connectivity index (χ1v) is 6.55. The average Bonchev–Trinajstić information content (AvgIpc) is 2.86. The Bertz CT molecular complexity index is 583. The lowest BCUT2D eigenvalue weighted by Crippen LogP contribution is -2.40. The standard InChI is InChI=1S/C13H16F2N4/c1-2-10-9-12(19-11(17-10)3-6-16-19)18-7-4-13(14,15)5-8-18/h3,6,9H,2,4-5,7-8H2,1H3. The highest BCUT2D eigenvalue weighted by Crippen LogP contribution is 2.30. The molecule has 2 aromatic heterocycles. The van der Waals surface area contributed by atoms with Crippen molar-refractivity contribution in [3.63, 3.8) is 0 Å². The predicted octanol–water partition coefficient (Wildman–Crippen LogP) is 2.53. The molecule has 4 nitrogen and oxygen atoms in total. The highest BCUT2D eigenvalue weighted by atomic mass is 19.3. The molecule has 0 bridgehead atoms. The molecule has 0 radical (unpaired) electrons. The van der Waals surface area contributed by atoms with Gasteiger partial charge in [0.2, 0.25) is 0 Å². The molecule has 0 N–H and O–H groups in total. The molecule has 102 valence electrons. The zero-order valence-electron chi connectivity index (χ0n) is 10.8. The van der Waals surface area contributed by atoms with Gasteiger partial charge >= 0.3 is 0 Å². The summed E-state index contributed by atoms with van der Waals surface area (Å²) in [6.07, 6.45) is 2.31. The van der Waals surface area contributed by atoms with Gasteiger partial charge in [-0.25, -0.2) is 13.8 Å². The summed E-state index contributed by atoms with van der Waals surface area (Å²) in [7, 11) is 0. The van der Waals surface area contributed by atoms with Gasteiger partial charge in [0.1, 0.15) is 5.82 Å². The third kappa shape index (κ3) is 2.27. The summed E-state index contributed by atoms with van der Waals surface area (Å²) in [5.74, 6) is -1.66. The first-order chi connectivity index (χ1) is 9.09. The number of aryl methyl sites for hydroxylation is 1. The van der Waals surface area contributed by atoms with E-state index < -0.39 is 5.92 Å². The van der Waals surface area contributed by atoms with Crippen molar-refractivity contribution in [1.82, 2.24) is 14.6 Å². The number of nitrogens with zero attached hydrogens (tertiary/aromatic N) is 4. The molecule has 1 aliphatic heterocycles. The van der Waals surface area contributed by atoms with Crippen molar-refractivity contribution in [3.05, 3.63) is 24.0 Å². The molecule has 3 heterocycles. The Labute approximate surface area is 110 Å². The quantitative estimate of drug-likeness (QED) is 0.837. The lowest BCUT2D eigenvalue weighted by molar-refractivity contribution is -0.0222. The molecule has 2 aromatic rings. The Kier molecular flexibility index (Phi) is 2.88. The summed E-state index contributed by atoms with van der Waals surface area (Å²) in [4.78, 5) is 6.43. The minimum atomic E-state index is -2.53. The number of hydrogen-bond acceptors (Lipinski definition) is 3. The Morgan fingerprint density at radius 1 is 1.32 bits per heavy atom. The zero-order chi connectivity index (χ0) is 13.5. The fourth-order valence-electron chi connectivity index (χ4n) is 2.42. The topological polar surface area (TPSA) is 33.4 Å². The van der Waals surface area contributed by atoms with Crippen molar-refractivity contribution in [2.45, 2.75) is 32.1 Å². The lowest BCUT2D eigenvalue weighted by atomic mass is 10.1. The zero-order valence-corrected chi connectivity index (χ0v) is 10.8. The third-order valence-corrected chi connectivity index (χ3v) is 3.57. The van der Waals surface area contributed by atoms with Gasteiger partial charge in [0.15, 0.2) is 5.65 Å². The fourth-order valence-corrected chi connectivity index (χ4v) is 2.42. The molecule has 0 atom stereocenters. The smallest absolute Gasteiger partial charge is 0.251 e. The van der Waals surface area contributed by atoms with Gasteiger partial charge in [-0.05, 0) is 6.42 Å².